The Hall–Kier alpha value is -3.47. The normalized spacial score (nSPS) is 14.1. The van der Waals surface area contributed by atoms with Gasteiger partial charge in [-0.15, -0.1) is 0 Å². The molecular weight excluding hydrogens is 388 g/mol. The average molecular weight is 415 g/mol. The monoisotopic (exact) mass is 414 g/mol. The van der Waals surface area contributed by atoms with Gasteiger partial charge >= 0.3 is 0 Å². The Morgan fingerprint density at radius 2 is 1.90 bits per heavy atom. The van der Waals surface area contributed by atoms with Gasteiger partial charge in [0.1, 0.15) is 23.5 Å². The fraction of sp³-hybridized carbons (Fsp3) is 0.292. The second kappa shape index (κ2) is 10.0. The van der Waals surface area contributed by atoms with E-state index in [9.17, 15) is 5.26 Å². The first-order valence-electron chi connectivity index (χ1n) is 10.5. The predicted octanol–water partition coefficient (Wildman–Crippen LogP) is 3.60. The standard InChI is InChI=1S/C24H26N6O/c25-13-18-1-4-23(29-15-18)30-24-12-20(7-10-28-24)19-2-3-22(21(11-19)14-26)31-16-17-5-8-27-9-6-17/h1-4,7,10-12,15,17,27H,5-6,8-9,13,16,25H2,(H,28,29,30). The highest BCUT2D eigenvalue weighted by Crippen LogP contribution is 2.28. The summed E-state index contributed by atoms with van der Waals surface area (Å²) in [5, 5.41) is 16.2. The van der Waals surface area contributed by atoms with Gasteiger partial charge in [0, 0.05) is 18.9 Å². The highest BCUT2D eigenvalue weighted by molar-refractivity contribution is 5.70. The molecule has 1 aliphatic rings. The third kappa shape index (κ3) is 5.37. The Bertz CT molecular complexity index is 1050. The Kier molecular flexibility index (Phi) is 6.72. The van der Waals surface area contributed by atoms with E-state index in [1.165, 1.54) is 0 Å². The van der Waals surface area contributed by atoms with Crippen LogP contribution in [0.1, 0.15) is 24.0 Å². The summed E-state index contributed by atoms with van der Waals surface area (Å²) in [6, 6.07) is 15.7. The van der Waals surface area contributed by atoms with E-state index < -0.39 is 0 Å². The van der Waals surface area contributed by atoms with Gasteiger partial charge < -0.3 is 21.1 Å². The molecule has 0 aliphatic carbocycles. The first kappa shape index (κ1) is 20.8. The lowest BCUT2D eigenvalue weighted by molar-refractivity contribution is 0.215. The van der Waals surface area contributed by atoms with Crippen LogP contribution in [0.3, 0.4) is 0 Å². The quantitative estimate of drug-likeness (QED) is 0.542. The number of pyridine rings is 2. The molecule has 158 valence electrons. The predicted molar refractivity (Wildman–Crippen MR) is 121 cm³/mol. The van der Waals surface area contributed by atoms with E-state index in [1.54, 1.807) is 12.4 Å². The topological polar surface area (TPSA) is 109 Å². The molecule has 0 bridgehead atoms. The molecule has 0 amide bonds. The number of nitriles is 1. The molecule has 0 spiro atoms. The summed E-state index contributed by atoms with van der Waals surface area (Å²) in [5.41, 5.74) is 9.02. The van der Waals surface area contributed by atoms with Crippen LogP contribution in [0.4, 0.5) is 11.6 Å². The van der Waals surface area contributed by atoms with Crippen LogP contribution in [0, 0.1) is 17.2 Å². The molecule has 4 N–H and O–H groups in total. The molecule has 1 saturated heterocycles. The number of hydrogen-bond acceptors (Lipinski definition) is 7. The molecule has 0 unspecified atom stereocenters. The van der Waals surface area contributed by atoms with Gasteiger partial charge in [0.15, 0.2) is 0 Å². The number of aromatic nitrogens is 2. The van der Waals surface area contributed by atoms with Crippen LogP contribution >= 0.6 is 0 Å². The van der Waals surface area contributed by atoms with Crippen molar-refractivity contribution >= 4 is 11.6 Å². The lowest BCUT2D eigenvalue weighted by Gasteiger charge is -2.23. The number of nitrogens with two attached hydrogens (primary N) is 1. The molecule has 3 aromatic rings. The van der Waals surface area contributed by atoms with E-state index in [1.807, 2.05) is 42.5 Å². The molecule has 3 heterocycles. The number of ether oxygens (including phenoxy) is 1. The molecule has 0 saturated carbocycles. The minimum Gasteiger partial charge on any atom is -0.492 e. The zero-order valence-electron chi connectivity index (χ0n) is 17.3. The van der Waals surface area contributed by atoms with Crippen molar-refractivity contribution < 1.29 is 4.74 Å². The SMILES string of the molecule is N#Cc1cc(-c2ccnc(Nc3ccc(CN)cn3)c2)ccc1OCC1CCNCC1. The third-order valence-electron chi connectivity index (χ3n) is 5.44. The van der Waals surface area contributed by atoms with Crippen molar-refractivity contribution in [3.63, 3.8) is 0 Å². The molecule has 1 fully saturated rings. The number of nitrogens with zero attached hydrogens (tertiary/aromatic N) is 3. The van der Waals surface area contributed by atoms with Crippen molar-refractivity contribution in [2.45, 2.75) is 19.4 Å². The number of rotatable bonds is 7. The number of piperidine rings is 1. The highest BCUT2D eigenvalue weighted by Gasteiger charge is 2.15. The van der Waals surface area contributed by atoms with Crippen molar-refractivity contribution in [3.8, 4) is 22.9 Å². The zero-order valence-corrected chi connectivity index (χ0v) is 17.3. The highest BCUT2D eigenvalue weighted by atomic mass is 16.5. The van der Waals surface area contributed by atoms with Crippen LogP contribution < -0.4 is 21.1 Å². The summed E-state index contributed by atoms with van der Waals surface area (Å²) in [6.07, 6.45) is 5.70. The molecule has 0 atom stereocenters. The van der Waals surface area contributed by atoms with Gasteiger partial charge in [-0.1, -0.05) is 12.1 Å². The van der Waals surface area contributed by atoms with Crippen LogP contribution in [0.25, 0.3) is 11.1 Å². The van der Waals surface area contributed by atoms with Gasteiger partial charge in [0.2, 0.25) is 0 Å². The number of benzene rings is 1. The Morgan fingerprint density at radius 3 is 2.65 bits per heavy atom. The van der Waals surface area contributed by atoms with E-state index in [0.29, 0.717) is 42.0 Å². The van der Waals surface area contributed by atoms with Crippen molar-refractivity contribution in [2.24, 2.45) is 11.7 Å². The molecule has 2 aromatic heterocycles. The van der Waals surface area contributed by atoms with Crippen LogP contribution in [0.2, 0.25) is 0 Å². The molecule has 7 heteroatoms. The minimum atomic E-state index is 0.458. The Morgan fingerprint density at radius 1 is 1.06 bits per heavy atom. The second-order valence-electron chi connectivity index (χ2n) is 7.64. The van der Waals surface area contributed by atoms with Crippen LogP contribution in [0.15, 0.2) is 54.9 Å². The van der Waals surface area contributed by atoms with Crippen LogP contribution in [-0.2, 0) is 6.54 Å². The molecule has 0 radical (unpaired) electrons. The summed E-state index contributed by atoms with van der Waals surface area (Å²) < 4.78 is 5.99. The zero-order chi connectivity index (χ0) is 21.5. The van der Waals surface area contributed by atoms with Gasteiger partial charge in [-0.05, 0) is 78.9 Å². The maximum atomic E-state index is 9.64. The van der Waals surface area contributed by atoms with Crippen LogP contribution in [0.5, 0.6) is 5.75 Å². The van der Waals surface area contributed by atoms with Gasteiger partial charge in [0.05, 0.1) is 12.2 Å². The molecule has 7 nitrogen and oxygen atoms in total. The number of hydrogen-bond donors (Lipinski definition) is 3. The summed E-state index contributed by atoms with van der Waals surface area (Å²) >= 11 is 0. The third-order valence-corrected chi connectivity index (χ3v) is 5.44. The maximum absolute atomic E-state index is 9.64. The fourth-order valence-corrected chi connectivity index (χ4v) is 3.61. The molecule has 31 heavy (non-hydrogen) atoms. The molecular formula is C24H26N6O. The lowest BCUT2D eigenvalue weighted by atomic mass is 9.99. The van der Waals surface area contributed by atoms with E-state index in [4.69, 9.17) is 10.5 Å². The fourth-order valence-electron chi connectivity index (χ4n) is 3.61. The smallest absolute Gasteiger partial charge is 0.137 e. The maximum Gasteiger partial charge on any atom is 0.137 e. The van der Waals surface area contributed by atoms with E-state index >= 15 is 0 Å². The molecule has 1 aliphatic heterocycles. The summed E-state index contributed by atoms with van der Waals surface area (Å²) in [4.78, 5) is 8.72. The second-order valence-corrected chi connectivity index (χ2v) is 7.64. The van der Waals surface area contributed by atoms with Crippen LogP contribution in [-0.4, -0.2) is 29.7 Å². The summed E-state index contributed by atoms with van der Waals surface area (Å²) in [5.74, 6) is 2.55. The van der Waals surface area contributed by atoms with E-state index in [-0.39, 0.29) is 0 Å². The molecule has 4 rings (SSSR count). The first-order chi connectivity index (χ1) is 15.2. The van der Waals surface area contributed by atoms with E-state index in [0.717, 1.165) is 42.6 Å². The largest absolute Gasteiger partial charge is 0.492 e. The molecule has 1 aromatic carbocycles. The minimum absolute atomic E-state index is 0.458. The summed E-state index contributed by atoms with van der Waals surface area (Å²) in [7, 11) is 0. The lowest BCUT2D eigenvalue weighted by Crippen LogP contribution is -2.30. The van der Waals surface area contributed by atoms with Gasteiger partial charge in [-0.2, -0.15) is 5.26 Å². The van der Waals surface area contributed by atoms with Gasteiger partial charge in [0.25, 0.3) is 0 Å². The number of anilines is 2. The van der Waals surface area contributed by atoms with Crippen molar-refractivity contribution in [2.75, 3.05) is 25.0 Å². The summed E-state index contributed by atoms with van der Waals surface area (Å²) in [6.45, 7) is 3.17. The van der Waals surface area contributed by atoms with Gasteiger partial charge in [-0.3, -0.25) is 0 Å². The number of nitrogens with one attached hydrogen (secondary N) is 2. The van der Waals surface area contributed by atoms with Crippen molar-refractivity contribution in [1.29, 1.82) is 5.26 Å². The average Bonchev–Trinajstić information content (AvgIpc) is 2.84. The van der Waals surface area contributed by atoms with Crippen molar-refractivity contribution in [3.05, 3.63) is 66.0 Å². The van der Waals surface area contributed by atoms with Gasteiger partial charge in [-0.25, -0.2) is 9.97 Å². The Labute approximate surface area is 182 Å². The first-order valence-corrected chi connectivity index (χ1v) is 10.5. The van der Waals surface area contributed by atoms with Crippen molar-refractivity contribution in [1.82, 2.24) is 15.3 Å². The van der Waals surface area contributed by atoms with E-state index in [2.05, 4.69) is 26.7 Å². The Balaban J connectivity index is 1.48.